The van der Waals surface area contributed by atoms with E-state index in [0.29, 0.717) is 18.6 Å². The van der Waals surface area contributed by atoms with E-state index in [4.69, 9.17) is 9.84 Å². The summed E-state index contributed by atoms with van der Waals surface area (Å²) in [6, 6.07) is 5.82. The molecule has 3 nitrogen and oxygen atoms in total. The van der Waals surface area contributed by atoms with Crippen LogP contribution in [0.25, 0.3) is 0 Å². The van der Waals surface area contributed by atoms with Crippen molar-refractivity contribution >= 4 is 5.97 Å². The molecule has 0 radical (unpaired) electrons. The first kappa shape index (κ1) is 10.0. The first-order valence-corrected chi connectivity index (χ1v) is 5.03. The van der Waals surface area contributed by atoms with Crippen molar-refractivity contribution < 1.29 is 14.6 Å². The van der Waals surface area contributed by atoms with Crippen molar-refractivity contribution in [1.82, 2.24) is 0 Å². The highest BCUT2D eigenvalue weighted by atomic mass is 16.5. The molecule has 0 amide bonds. The lowest BCUT2D eigenvalue weighted by atomic mass is 10.1. The topological polar surface area (TPSA) is 46.5 Å². The van der Waals surface area contributed by atoms with Crippen LogP contribution in [-0.2, 0) is 4.79 Å². The number of rotatable bonds is 3. The van der Waals surface area contributed by atoms with E-state index >= 15 is 0 Å². The lowest BCUT2D eigenvalue weighted by molar-refractivity contribution is -0.147. The molecule has 1 aromatic rings. The molecular weight excluding hydrogens is 192 g/mol. The maximum atomic E-state index is 11.0. The summed E-state index contributed by atoms with van der Waals surface area (Å²) in [5.74, 6) is -0.168. The van der Waals surface area contributed by atoms with Crippen LogP contribution in [-0.4, -0.2) is 16.7 Å². The summed E-state index contributed by atoms with van der Waals surface area (Å²) in [5.41, 5.74) is 1.11. The number of benzene rings is 1. The monoisotopic (exact) mass is 206 g/mol. The number of aliphatic carboxylic acids is 1. The van der Waals surface area contributed by atoms with Gasteiger partial charge in [-0.1, -0.05) is 12.1 Å². The van der Waals surface area contributed by atoms with Crippen LogP contribution < -0.4 is 4.74 Å². The zero-order valence-electron chi connectivity index (χ0n) is 8.91. The van der Waals surface area contributed by atoms with Gasteiger partial charge in [0.05, 0.1) is 0 Å². The Kier molecular flexibility index (Phi) is 2.18. The van der Waals surface area contributed by atoms with Crippen LogP contribution in [0.4, 0.5) is 0 Å². The van der Waals surface area contributed by atoms with Crippen LogP contribution in [0.2, 0.25) is 0 Å². The average molecular weight is 206 g/mol. The van der Waals surface area contributed by atoms with E-state index in [0.717, 1.165) is 11.1 Å². The average Bonchev–Trinajstić information content (AvgIpc) is 2.92. The molecule has 1 aromatic carbocycles. The van der Waals surface area contributed by atoms with Crippen LogP contribution in [0.5, 0.6) is 5.75 Å². The van der Waals surface area contributed by atoms with E-state index in [1.165, 1.54) is 0 Å². The highest BCUT2D eigenvalue weighted by Crippen LogP contribution is 2.41. The normalized spacial score (nSPS) is 17.2. The molecule has 0 aromatic heterocycles. The summed E-state index contributed by atoms with van der Waals surface area (Å²) < 4.78 is 5.59. The molecule has 0 bridgehead atoms. The van der Waals surface area contributed by atoms with Crippen molar-refractivity contribution in [2.45, 2.75) is 32.3 Å². The quantitative estimate of drug-likeness (QED) is 0.825. The summed E-state index contributed by atoms with van der Waals surface area (Å²) in [6.07, 6.45) is 1.21. The van der Waals surface area contributed by atoms with E-state index in [1.54, 1.807) is 0 Å². The predicted octanol–water partition coefficient (Wildman–Crippen LogP) is 2.30. The second-order valence-electron chi connectivity index (χ2n) is 4.17. The number of carbonyl (C=O) groups is 1. The van der Waals surface area contributed by atoms with Crippen molar-refractivity contribution in [3.05, 3.63) is 29.3 Å². The zero-order valence-corrected chi connectivity index (χ0v) is 8.91. The summed E-state index contributed by atoms with van der Waals surface area (Å²) >= 11 is 0. The van der Waals surface area contributed by atoms with Crippen molar-refractivity contribution in [2.75, 3.05) is 0 Å². The molecular formula is C12H14O3. The molecule has 3 heteroatoms. The standard InChI is InChI=1S/C12H14O3/c1-8-3-4-9(2)10(7-8)15-12(5-6-12)11(13)14/h3-4,7H,5-6H2,1-2H3,(H,13,14). The minimum Gasteiger partial charge on any atom is -0.478 e. The van der Waals surface area contributed by atoms with Crippen molar-refractivity contribution in [2.24, 2.45) is 0 Å². The lowest BCUT2D eigenvalue weighted by Gasteiger charge is -2.15. The molecule has 2 rings (SSSR count). The molecule has 80 valence electrons. The van der Waals surface area contributed by atoms with Crippen molar-refractivity contribution in [3.8, 4) is 5.75 Å². The van der Waals surface area contributed by atoms with Gasteiger partial charge in [0.15, 0.2) is 0 Å². The molecule has 0 saturated heterocycles. The van der Waals surface area contributed by atoms with Gasteiger partial charge in [0.2, 0.25) is 5.60 Å². The second-order valence-corrected chi connectivity index (χ2v) is 4.17. The van der Waals surface area contributed by atoms with E-state index < -0.39 is 11.6 Å². The van der Waals surface area contributed by atoms with Gasteiger partial charge in [-0.05, 0) is 31.0 Å². The molecule has 1 fully saturated rings. The van der Waals surface area contributed by atoms with Gasteiger partial charge < -0.3 is 9.84 Å². The maximum Gasteiger partial charge on any atom is 0.348 e. The van der Waals surface area contributed by atoms with E-state index in [2.05, 4.69) is 0 Å². The van der Waals surface area contributed by atoms with Crippen molar-refractivity contribution in [3.63, 3.8) is 0 Å². The third-order valence-electron chi connectivity index (χ3n) is 2.74. The molecule has 0 unspecified atom stereocenters. The largest absolute Gasteiger partial charge is 0.478 e. The SMILES string of the molecule is Cc1ccc(C)c(OC2(C(=O)O)CC2)c1. The number of hydrogen-bond donors (Lipinski definition) is 1. The van der Waals surface area contributed by atoms with Gasteiger partial charge in [0.25, 0.3) is 0 Å². The van der Waals surface area contributed by atoms with Crippen LogP contribution in [0.3, 0.4) is 0 Å². The van der Waals surface area contributed by atoms with Crippen LogP contribution in [0.15, 0.2) is 18.2 Å². The Bertz CT molecular complexity index is 405. The molecule has 1 aliphatic rings. The van der Waals surface area contributed by atoms with E-state index in [1.807, 2.05) is 32.0 Å². The van der Waals surface area contributed by atoms with Gasteiger partial charge in [-0.25, -0.2) is 4.79 Å². The minimum absolute atomic E-state index is 0.607. The molecule has 15 heavy (non-hydrogen) atoms. The van der Waals surface area contributed by atoms with E-state index in [-0.39, 0.29) is 0 Å². The van der Waals surface area contributed by atoms with Gasteiger partial charge in [0.1, 0.15) is 5.75 Å². The first-order valence-electron chi connectivity index (χ1n) is 5.03. The van der Waals surface area contributed by atoms with Gasteiger partial charge in [-0.2, -0.15) is 0 Å². The summed E-state index contributed by atoms with van der Waals surface area (Å²) in [6.45, 7) is 3.89. The molecule has 1 saturated carbocycles. The number of ether oxygens (including phenoxy) is 1. The molecule has 0 aliphatic heterocycles. The Morgan fingerprint density at radius 3 is 2.60 bits per heavy atom. The molecule has 1 N–H and O–H groups in total. The van der Waals surface area contributed by atoms with Gasteiger partial charge in [-0.3, -0.25) is 0 Å². The van der Waals surface area contributed by atoms with Crippen LogP contribution >= 0.6 is 0 Å². The molecule has 0 spiro atoms. The Hall–Kier alpha value is -1.51. The minimum atomic E-state index is -0.946. The summed E-state index contributed by atoms with van der Waals surface area (Å²) in [7, 11) is 0. The third-order valence-corrected chi connectivity index (χ3v) is 2.74. The number of aryl methyl sites for hydroxylation is 2. The zero-order chi connectivity index (χ0) is 11.1. The number of hydrogen-bond acceptors (Lipinski definition) is 2. The highest BCUT2D eigenvalue weighted by molar-refractivity contribution is 5.81. The predicted molar refractivity (Wildman–Crippen MR) is 56.1 cm³/mol. The number of carboxylic acids is 1. The molecule has 0 atom stereocenters. The molecule has 0 heterocycles. The smallest absolute Gasteiger partial charge is 0.348 e. The Balaban J connectivity index is 2.24. The fraction of sp³-hybridized carbons (Fsp3) is 0.417. The first-order chi connectivity index (χ1) is 7.03. The third kappa shape index (κ3) is 1.82. The maximum absolute atomic E-state index is 11.0. The second kappa shape index (κ2) is 3.26. The summed E-state index contributed by atoms with van der Waals surface area (Å²) in [4.78, 5) is 11.0. The fourth-order valence-corrected chi connectivity index (χ4v) is 1.50. The number of carboxylic acid groups (broad SMARTS) is 1. The summed E-state index contributed by atoms with van der Waals surface area (Å²) in [5, 5.41) is 9.00. The molecule has 1 aliphatic carbocycles. The van der Waals surface area contributed by atoms with Crippen LogP contribution in [0.1, 0.15) is 24.0 Å². The van der Waals surface area contributed by atoms with E-state index in [9.17, 15) is 4.79 Å². The van der Waals surface area contributed by atoms with Crippen LogP contribution in [0, 0.1) is 13.8 Å². The Morgan fingerprint density at radius 2 is 2.07 bits per heavy atom. The lowest BCUT2D eigenvalue weighted by Crippen LogP contribution is -2.29. The van der Waals surface area contributed by atoms with Gasteiger partial charge in [0, 0.05) is 12.8 Å². The Labute approximate surface area is 88.7 Å². The van der Waals surface area contributed by atoms with Gasteiger partial charge in [-0.15, -0.1) is 0 Å². The fourth-order valence-electron chi connectivity index (χ4n) is 1.50. The highest BCUT2D eigenvalue weighted by Gasteiger charge is 2.53. The van der Waals surface area contributed by atoms with Gasteiger partial charge >= 0.3 is 5.97 Å². The Morgan fingerprint density at radius 1 is 1.40 bits per heavy atom. The van der Waals surface area contributed by atoms with Crippen molar-refractivity contribution in [1.29, 1.82) is 0 Å².